The van der Waals surface area contributed by atoms with Crippen LogP contribution < -0.4 is 0 Å². The number of rotatable bonds is 12. The summed E-state index contributed by atoms with van der Waals surface area (Å²) >= 11 is 0. The summed E-state index contributed by atoms with van der Waals surface area (Å²) < 4.78 is 4.61. The van der Waals surface area contributed by atoms with Crippen LogP contribution in [0, 0.1) is 11.8 Å². The zero-order valence-electron chi connectivity index (χ0n) is 17.1. The Hall–Kier alpha value is -1.17. The predicted molar refractivity (Wildman–Crippen MR) is 107 cm³/mol. The van der Waals surface area contributed by atoms with Crippen molar-refractivity contribution in [1.82, 2.24) is 0 Å². The Bertz CT molecular complexity index is 483. The molecule has 3 N–H and O–H groups in total. The van der Waals surface area contributed by atoms with Gasteiger partial charge in [-0.3, -0.25) is 4.79 Å². The third-order valence-corrected chi connectivity index (χ3v) is 5.43. The quantitative estimate of drug-likeness (QED) is 0.273. The number of aliphatic hydroxyl groups is 3. The summed E-state index contributed by atoms with van der Waals surface area (Å²) in [6.07, 6.45) is 13.4. The summed E-state index contributed by atoms with van der Waals surface area (Å²) in [7, 11) is 1.39. The number of carbonyl (C=O) groups excluding carboxylic acids is 1. The summed E-state index contributed by atoms with van der Waals surface area (Å²) in [5.41, 5.74) is -0.878. The molecule has 0 aromatic rings. The van der Waals surface area contributed by atoms with Gasteiger partial charge in [-0.15, -0.1) is 0 Å². The van der Waals surface area contributed by atoms with Gasteiger partial charge in [-0.05, 0) is 38.5 Å². The van der Waals surface area contributed by atoms with Gasteiger partial charge >= 0.3 is 5.97 Å². The van der Waals surface area contributed by atoms with Crippen molar-refractivity contribution in [2.75, 3.05) is 7.11 Å². The Labute approximate surface area is 164 Å². The highest BCUT2D eigenvalue weighted by atomic mass is 16.5. The van der Waals surface area contributed by atoms with Crippen LogP contribution in [0.5, 0.6) is 0 Å². The Morgan fingerprint density at radius 1 is 1.19 bits per heavy atom. The van der Waals surface area contributed by atoms with E-state index in [-0.39, 0.29) is 17.8 Å². The molecule has 0 aliphatic heterocycles. The molecule has 0 amide bonds. The Kier molecular flexibility index (Phi) is 10.9. The highest BCUT2D eigenvalue weighted by Gasteiger charge is 2.39. The minimum absolute atomic E-state index is 0.0560. The molecule has 5 heteroatoms. The van der Waals surface area contributed by atoms with E-state index in [0.717, 1.165) is 32.1 Å². The fourth-order valence-corrected chi connectivity index (χ4v) is 3.68. The molecule has 5 nitrogen and oxygen atoms in total. The van der Waals surface area contributed by atoms with Gasteiger partial charge in [-0.25, -0.2) is 0 Å². The number of allylic oxidation sites excluding steroid dienone is 2. The molecule has 0 aromatic heterocycles. The molecule has 5 atom stereocenters. The van der Waals surface area contributed by atoms with Crippen LogP contribution in [0.1, 0.15) is 71.6 Å². The molecule has 1 saturated carbocycles. The maximum atomic E-state index is 11.1. The van der Waals surface area contributed by atoms with Crippen LogP contribution in [0.15, 0.2) is 24.3 Å². The van der Waals surface area contributed by atoms with Gasteiger partial charge in [0.05, 0.1) is 24.9 Å². The molecule has 27 heavy (non-hydrogen) atoms. The molecular weight excluding hydrogens is 344 g/mol. The van der Waals surface area contributed by atoms with Gasteiger partial charge in [0.1, 0.15) is 0 Å². The van der Waals surface area contributed by atoms with E-state index in [1.54, 1.807) is 13.0 Å². The average molecular weight is 383 g/mol. The van der Waals surface area contributed by atoms with Gasteiger partial charge in [-0.1, -0.05) is 50.5 Å². The first-order valence-electron chi connectivity index (χ1n) is 10.3. The van der Waals surface area contributed by atoms with E-state index in [4.69, 9.17) is 0 Å². The van der Waals surface area contributed by atoms with Crippen LogP contribution >= 0.6 is 0 Å². The maximum absolute atomic E-state index is 11.1. The Balaban J connectivity index is 2.54. The summed E-state index contributed by atoms with van der Waals surface area (Å²) in [6, 6.07) is 0. The third-order valence-electron chi connectivity index (χ3n) is 5.43. The molecule has 0 spiro atoms. The number of unbranched alkanes of at least 4 members (excludes halogenated alkanes) is 3. The third kappa shape index (κ3) is 9.04. The summed E-state index contributed by atoms with van der Waals surface area (Å²) in [6.45, 7) is 3.93. The van der Waals surface area contributed by atoms with Gasteiger partial charge < -0.3 is 20.1 Å². The Morgan fingerprint density at radius 2 is 1.93 bits per heavy atom. The van der Waals surface area contributed by atoms with E-state index in [1.165, 1.54) is 7.11 Å². The fourth-order valence-electron chi connectivity index (χ4n) is 3.68. The van der Waals surface area contributed by atoms with E-state index in [0.29, 0.717) is 25.7 Å². The van der Waals surface area contributed by atoms with Gasteiger partial charge in [0, 0.05) is 18.8 Å². The van der Waals surface area contributed by atoms with Crippen LogP contribution in [0.2, 0.25) is 0 Å². The number of hydrogen-bond acceptors (Lipinski definition) is 5. The number of hydrogen-bond donors (Lipinski definition) is 3. The molecule has 1 aliphatic rings. The molecule has 156 valence electrons. The summed E-state index contributed by atoms with van der Waals surface area (Å²) in [5, 5.41) is 31.1. The van der Waals surface area contributed by atoms with Gasteiger partial charge in [-0.2, -0.15) is 0 Å². The topological polar surface area (TPSA) is 87.0 Å². The summed E-state index contributed by atoms with van der Waals surface area (Å²) in [5.74, 6) is -0.411. The lowest BCUT2D eigenvalue weighted by molar-refractivity contribution is -0.140. The lowest BCUT2D eigenvalue weighted by atomic mass is 9.88. The number of ether oxygens (including phenoxy) is 1. The second-order valence-electron chi connectivity index (χ2n) is 7.96. The van der Waals surface area contributed by atoms with E-state index in [9.17, 15) is 20.1 Å². The van der Waals surface area contributed by atoms with Crippen molar-refractivity contribution in [3.05, 3.63) is 24.3 Å². The lowest BCUT2D eigenvalue weighted by Gasteiger charge is -2.23. The van der Waals surface area contributed by atoms with Crippen molar-refractivity contribution in [1.29, 1.82) is 0 Å². The van der Waals surface area contributed by atoms with Crippen molar-refractivity contribution >= 4 is 5.97 Å². The zero-order chi connectivity index (χ0) is 20.3. The van der Waals surface area contributed by atoms with Crippen molar-refractivity contribution in [3.63, 3.8) is 0 Å². The second-order valence-corrected chi connectivity index (χ2v) is 7.96. The van der Waals surface area contributed by atoms with Crippen LogP contribution in [0.4, 0.5) is 0 Å². The number of aliphatic hydroxyl groups excluding tert-OH is 2. The number of carbonyl (C=O) groups is 1. The minimum atomic E-state index is -0.878. The second kappa shape index (κ2) is 12.3. The smallest absolute Gasteiger partial charge is 0.305 e. The molecule has 0 saturated heterocycles. The van der Waals surface area contributed by atoms with Crippen LogP contribution in [0.25, 0.3) is 0 Å². The molecule has 0 radical (unpaired) electrons. The van der Waals surface area contributed by atoms with E-state index in [2.05, 4.69) is 11.7 Å². The van der Waals surface area contributed by atoms with Crippen LogP contribution in [-0.2, 0) is 9.53 Å². The highest BCUT2D eigenvalue weighted by molar-refractivity contribution is 5.69. The van der Waals surface area contributed by atoms with Crippen LogP contribution in [0.3, 0.4) is 0 Å². The van der Waals surface area contributed by atoms with Crippen molar-refractivity contribution in [3.8, 4) is 0 Å². The maximum Gasteiger partial charge on any atom is 0.305 e. The minimum Gasteiger partial charge on any atom is -0.469 e. The molecular formula is C22H38O5. The average Bonchev–Trinajstić information content (AvgIpc) is 2.89. The number of esters is 1. The molecule has 0 heterocycles. The van der Waals surface area contributed by atoms with Crippen LogP contribution in [-0.4, -0.2) is 46.2 Å². The SMILES string of the molecule is CCCCC[C@](C)(O)/C=C/[C@@H]1[C@@H](C/C=C/CCCC(=O)OC)[C@@H](O)C[C@H]1O. The molecule has 1 aliphatic carbocycles. The van der Waals surface area contributed by atoms with Gasteiger partial charge in [0.15, 0.2) is 0 Å². The lowest BCUT2D eigenvalue weighted by Crippen LogP contribution is -2.24. The largest absolute Gasteiger partial charge is 0.469 e. The van der Waals surface area contributed by atoms with Gasteiger partial charge in [0.2, 0.25) is 0 Å². The standard InChI is InChI=1S/C22H38O5/c1-4-5-10-14-22(2,26)15-13-18-17(19(23)16-20(18)24)11-8-6-7-9-12-21(25)27-3/h6,8,13,15,17-20,23-24,26H,4-5,7,9-12,14,16H2,1-3H3/b8-6+,15-13+/t17-,18-,19+,20-,22+/m1/s1. The normalized spacial score (nSPS) is 28.1. The fraction of sp³-hybridized carbons (Fsp3) is 0.773. The predicted octanol–water partition coefficient (Wildman–Crippen LogP) is 3.52. The van der Waals surface area contributed by atoms with Crippen molar-refractivity contribution in [2.24, 2.45) is 11.8 Å². The van der Waals surface area contributed by atoms with E-state index < -0.39 is 17.8 Å². The Morgan fingerprint density at radius 3 is 2.59 bits per heavy atom. The van der Waals surface area contributed by atoms with Crippen molar-refractivity contribution in [2.45, 2.75) is 89.4 Å². The number of methoxy groups -OCH3 is 1. The molecule has 1 fully saturated rings. The first-order valence-corrected chi connectivity index (χ1v) is 10.3. The molecule has 0 aromatic carbocycles. The van der Waals surface area contributed by atoms with Crippen molar-refractivity contribution < 1.29 is 24.9 Å². The highest BCUT2D eigenvalue weighted by Crippen LogP contribution is 2.37. The molecule has 0 bridgehead atoms. The van der Waals surface area contributed by atoms with E-state index >= 15 is 0 Å². The molecule has 1 rings (SSSR count). The van der Waals surface area contributed by atoms with Gasteiger partial charge in [0.25, 0.3) is 0 Å². The first kappa shape index (κ1) is 23.9. The zero-order valence-corrected chi connectivity index (χ0v) is 17.1. The monoisotopic (exact) mass is 382 g/mol. The summed E-state index contributed by atoms with van der Waals surface area (Å²) in [4.78, 5) is 11.1. The van der Waals surface area contributed by atoms with E-state index in [1.807, 2.05) is 18.2 Å². The molecule has 0 unspecified atom stereocenters. The first-order chi connectivity index (χ1) is 12.8.